The van der Waals surface area contributed by atoms with E-state index in [1.165, 1.54) is 22.0 Å². The molecule has 1 aromatic carbocycles. The number of carbonyl (C=O) groups is 1. The second-order valence-corrected chi connectivity index (χ2v) is 8.88. The van der Waals surface area contributed by atoms with Crippen molar-refractivity contribution < 1.29 is 9.32 Å². The van der Waals surface area contributed by atoms with Crippen LogP contribution in [0.4, 0.5) is 5.82 Å². The monoisotopic (exact) mass is 400 g/mol. The molecule has 0 radical (unpaired) electrons. The van der Waals surface area contributed by atoms with Crippen molar-refractivity contribution in [3.63, 3.8) is 0 Å². The van der Waals surface area contributed by atoms with Crippen molar-refractivity contribution in [1.82, 2.24) is 20.0 Å². The van der Waals surface area contributed by atoms with Gasteiger partial charge in [-0.2, -0.15) is 0 Å². The van der Waals surface area contributed by atoms with Crippen LogP contribution in [-0.2, 0) is 10.2 Å². The third-order valence-electron chi connectivity index (χ3n) is 4.20. The van der Waals surface area contributed by atoms with Crippen molar-refractivity contribution in [3.8, 4) is 11.4 Å². The van der Waals surface area contributed by atoms with E-state index in [0.29, 0.717) is 22.6 Å². The summed E-state index contributed by atoms with van der Waals surface area (Å²) in [5, 5.41) is 14.8. The Morgan fingerprint density at radius 2 is 1.93 bits per heavy atom. The summed E-state index contributed by atoms with van der Waals surface area (Å²) in [4.78, 5) is 12.3. The number of benzene rings is 1. The molecule has 0 saturated heterocycles. The zero-order chi connectivity index (χ0) is 20.5. The van der Waals surface area contributed by atoms with Crippen LogP contribution < -0.4 is 11.2 Å². The summed E-state index contributed by atoms with van der Waals surface area (Å²) in [6, 6.07) is 9.73. The highest BCUT2D eigenvalue weighted by molar-refractivity contribution is 8.00. The van der Waals surface area contributed by atoms with Gasteiger partial charge in [0.25, 0.3) is 0 Å². The highest BCUT2D eigenvalue weighted by Gasteiger charge is 2.21. The van der Waals surface area contributed by atoms with E-state index in [4.69, 9.17) is 10.4 Å². The Bertz CT molecular complexity index is 971. The molecule has 8 nitrogen and oxygen atoms in total. The number of aromatic nitrogens is 4. The summed E-state index contributed by atoms with van der Waals surface area (Å²) in [6.45, 7) is 10.0. The molecule has 1 atom stereocenters. The lowest BCUT2D eigenvalue weighted by Gasteiger charge is -2.19. The number of anilines is 1. The molecule has 2 heterocycles. The average Bonchev–Trinajstić information content (AvgIpc) is 3.20. The molecule has 9 heteroatoms. The lowest BCUT2D eigenvalue weighted by molar-refractivity contribution is -0.115. The molecule has 0 fully saturated rings. The van der Waals surface area contributed by atoms with Gasteiger partial charge in [-0.1, -0.05) is 62.0 Å². The molecule has 148 valence electrons. The number of aryl methyl sites for hydroxylation is 1. The summed E-state index contributed by atoms with van der Waals surface area (Å²) >= 11 is 1.22. The van der Waals surface area contributed by atoms with Gasteiger partial charge < -0.3 is 15.7 Å². The molecule has 2 aromatic heterocycles. The molecule has 1 amide bonds. The third kappa shape index (κ3) is 4.36. The van der Waals surface area contributed by atoms with Crippen molar-refractivity contribution in [3.05, 3.63) is 41.7 Å². The fourth-order valence-corrected chi connectivity index (χ4v) is 3.31. The number of nitrogens with two attached hydrogens (primary N) is 1. The normalized spacial score (nSPS) is 12.8. The number of hydrogen-bond acceptors (Lipinski definition) is 7. The first kappa shape index (κ1) is 19.9. The summed E-state index contributed by atoms with van der Waals surface area (Å²) in [5.41, 5.74) is 2.16. The summed E-state index contributed by atoms with van der Waals surface area (Å²) in [6.07, 6.45) is 0. The minimum absolute atomic E-state index is 0.0705. The van der Waals surface area contributed by atoms with Crippen LogP contribution in [0.5, 0.6) is 0 Å². The van der Waals surface area contributed by atoms with Gasteiger partial charge in [0.05, 0.1) is 5.25 Å². The largest absolute Gasteiger partial charge is 0.360 e. The Balaban J connectivity index is 1.71. The van der Waals surface area contributed by atoms with E-state index < -0.39 is 5.25 Å². The number of nitrogens with one attached hydrogen (secondary N) is 1. The molecule has 0 spiro atoms. The predicted octanol–water partition coefficient (Wildman–Crippen LogP) is 3.37. The molecule has 28 heavy (non-hydrogen) atoms. The van der Waals surface area contributed by atoms with Crippen LogP contribution >= 0.6 is 11.8 Å². The molecule has 0 aliphatic heterocycles. The second-order valence-electron chi connectivity index (χ2n) is 7.58. The lowest BCUT2D eigenvalue weighted by Crippen LogP contribution is -2.23. The van der Waals surface area contributed by atoms with Crippen LogP contribution in [-0.4, -0.2) is 31.2 Å². The molecule has 0 aliphatic carbocycles. The van der Waals surface area contributed by atoms with Crippen LogP contribution in [0.2, 0.25) is 0 Å². The van der Waals surface area contributed by atoms with Gasteiger partial charge in [0.15, 0.2) is 11.6 Å². The van der Waals surface area contributed by atoms with E-state index >= 15 is 0 Å². The van der Waals surface area contributed by atoms with Crippen molar-refractivity contribution in [1.29, 1.82) is 0 Å². The first-order valence-electron chi connectivity index (χ1n) is 8.87. The lowest BCUT2D eigenvalue weighted by atomic mass is 9.87. The Morgan fingerprint density at radius 1 is 1.25 bits per heavy atom. The number of carbonyl (C=O) groups excluding carboxylic acids is 1. The molecule has 0 saturated carbocycles. The molecule has 3 rings (SSSR count). The topological polar surface area (TPSA) is 112 Å². The SMILES string of the molecule is Cc1cc(NC(=O)C(C)Sc2nnc(-c3ccc(C(C)(C)C)cc3)n2N)no1. The van der Waals surface area contributed by atoms with Crippen molar-refractivity contribution in [2.45, 2.75) is 50.4 Å². The van der Waals surface area contributed by atoms with Crippen molar-refractivity contribution in [2.24, 2.45) is 0 Å². The Hall–Kier alpha value is -2.81. The van der Waals surface area contributed by atoms with E-state index in [1.807, 2.05) is 12.1 Å². The van der Waals surface area contributed by atoms with Crippen LogP contribution in [0.3, 0.4) is 0 Å². The summed E-state index contributed by atoms with van der Waals surface area (Å²) < 4.78 is 6.35. The van der Waals surface area contributed by atoms with Gasteiger partial charge >= 0.3 is 0 Å². The molecule has 0 bridgehead atoms. The van der Waals surface area contributed by atoms with E-state index in [-0.39, 0.29) is 11.3 Å². The van der Waals surface area contributed by atoms with Gasteiger partial charge in [-0.15, -0.1) is 10.2 Å². The molecule has 0 aliphatic rings. The van der Waals surface area contributed by atoms with Gasteiger partial charge in [-0.25, -0.2) is 4.68 Å². The van der Waals surface area contributed by atoms with E-state index in [0.717, 1.165) is 5.56 Å². The zero-order valence-electron chi connectivity index (χ0n) is 16.6. The quantitative estimate of drug-likeness (QED) is 0.499. The number of rotatable bonds is 5. The number of thioether (sulfide) groups is 1. The third-order valence-corrected chi connectivity index (χ3v) is 5.26. The first-order valence-corrected chi connectivity index (χ1v) is 9.75. The van der Waals surface area contributed by atoms with Crippen molar-refractivity contribution in [2.75, 3.05) is 11.2 Å². The molecule has 3 aromatic rings. The summed E-state index contributed by atoms with van der Waals surface area (Å²) in [5.74, 6) is 7.50. The molecular weight excluding hydrogens is 376 g/mol. The Morgan fingerprint density at radius 3 is 2.50 bits per heavy atom. The predicted molar refractivity (Wildman–Crippen MR) is 109 cm³/mol. The van der Waals surface area contributed by atoms with Gasteiger partial charge in [-0.3, -0.25) is 4.79 Å². The smallest absolute Gasteiger partial charge is 0.238 e. The standard InChI is InChI=1S/C19H24N6O2S/c1-11-10-15(24-27-11)21-17(26)12(2)28-18-23-22-16(25(18)20)13-6-8-14(9-7-13)19(3,4)5/h6-10,12H,20H2,1-5H3,(H,21,24,26). The molecule has 1 unspecified atom stereocenters. The van der Waals surface area contributed by atoms with Crippen molar-refractivity contribution >= 4 is 23.5 Å². The van der Waals surface area contributed by atoms with E-state index in [9.17, 15) is 4.79 Å². The van der Waals surface area contributed by atoms with Gasteiger partial charge in [0.1, 0.15) is 5.76 Å². The zero-order valence-corrected chi connectivity index (χ0v) is 17.4. The maximum atomic E-state index is 12.3. The minimum Gasteiger partial charge on any atom is -0.360 e. The maximum absolute atomic E-state index is 12.3. The number of amides is 1. The number of nitrogens with zero attached hydrogens (tertiary/aromatic N) is 4. The molecule has 3 N–H and O–H groups in total. The van der Waals surface area contributed by atoms with Crippen LogP contribution in [0.15, 0.2) is 40.0 Å². The van der Waals surface area contributed by atoms with Gasteiger partial charge in [0, 0.05) is 11.6 Å². The minimum atomic E-state index is -0.445. The summed E-state index contributed by atoms with van der Waals surface area (Å²) in [7, 11) is 0. The highest BCUT2D eigenvalue weighted by Crippen LogP contribution is 2.28. The highest BCUT2D eigenvalue weighted by atomic mass is 32.2. The number of hydrogen-bond donors (Lipinski definition) is 2. The Labute approximate surface area is 167 Å². The number of nitrogen functional groups attached to an aromatic ring is 1. The van der Waals surface area contributed by atoms with E-state index in [1.54, 1.807) is 19.9 Å². The average molecular weight is 401 g/mol. The molecular formula is C19H24N6O2S. The van der Waals surface area contributed by atoms with Crippen LogP contribution in [0.1, 0.15) is 39.0 Å². The fraction of sp³-hybridized carbons (Fsp3) is 0.368. The van der Waals surface area contributed by atoms with Gasteiger partial charge in [0.2, 0.25) is 11.1 Å². The second kappa shape index (κ2) is 7.67. The van der Waals surface area contributed by atoms with Crippen LogP contribution in [0, 0.1) is 6.92 Å². The van der Waals surface area contributed by atoms with E-state index in [2.05, 4.69) is 53.6 Å². The maximum Gasteiger partial charge on any atom is 0.238 e. The first-order chi connectivity index (χ1) is 13.1. The van der Waals surface area contributed by atoms with Gasteiger partial charge in [-0.05, 0) is 24.8 Å². The fourth-order valence-electron chi connectivity index (χ4n) is 2.54. The Kier molecular flexibility index (Phi) is 5.46. The van der Waals surface area contributed by atoms with Crippen LogP contribution in [0.25, 0.3) is 11.4 Å².